The van der Waals surface area contributed by atoms with Crippen molar-refractivity contribution in [3.8, 4) is 0 Å². The number of allylic oxidation sites excluding steroid dienone is 2. The lowest BCUT2D eigenvalue weighted by atomic mass is 9.40. The predicted octanol–water partition coefficient (Wildman–Crippen LogP) is 2.70. The van der Waals surface area contributed by atoms with E-state index in [0.29, 0.717) is 0 Å². The van der Waals surface area contributed by atoms with Gasteiger partial charge < -0.3 is 9.80 Å². The average Bonchev–Trinajstić information content (AvgIpc) is 2.59. The standard InChI is InChI=1S/C22H26N2O2/c1-21-11-15-7-5-13(19(25)23(15)3)9-17(21)18-10-14-6-8-16(12-22(18,21)2)24(4)20(14)26/h5-10,13-16H,11-12H2,1-4H3/b17-9-,18-10-. The van der Waals surface area contributed by atoms with Gasteiger partial charge in [-0.25, -0.2) is 0 Å². The van der Waals surface area contributed by atoms with Crippen molar-refractivity contribution < 1.29 is 9.59 Å². The summed E-state index contributed by atoms with van der Waals surface area (Å²) in [5.74, 6) is 0.0226. The first-order valence-electron chi connectivity index (χ1n) is 9.61. The van der Waals surface area contributed by atoms with E-state index < -0.39 is 0 Å². The fraction of sp³-hybridized carbons (Fsp3) is 0.545. The lowest BCUT2D eigenvalue weighted by molar-refractivity contribution is -0.137. The molecule has 3 aliphatic carbocycles. The van der Waals surface area contributed by atoms with Crippen LogP contribution in [-0.4, -0.2) is 47.8 Å². The third kappa shape index (κ3) is 1.71. The summed E-state index contributed by atoms with van der Waals surface area (Å²) in [6.45, 7) is 4.73. The molecule has 0 saturated heterocycles. The largest absolute Gasteiger partial charge is 0.339 e. The van der Waals surface area contributed by atoms with Crippen LogP contribution in [0.3, 0.4) is 0 Å². The van der Waals surface area contributed by atoms with Gasteiger partial charge in [0.25, 0.3) is 0 Å². The van der Waals surface area contributed by atoms with E-state index in [1.165, 1.54) is 11.1 Å². The van der Waals surface area contributed by atoms with Crippen LogP contribution in [0.5, 0.6) is 0 Å². The average molecular weight is 350 g/mol. The minimum Gasteiger partial charge on any atom is -0.339 e. The molecule has 4 bridgehead atoms. The molecule has 6 atom stereocenters. The minimum absolute atomic E-state index is 0.0245. The molecule has 136 valence electrons. The Balaban J connectivity index is 1.68. The first-order chi connectivity index (χ1) is 12.3. The molecule has 0 radical (unpaired) electrons. The molecule has 0 N–H and O–H groups in total. The van der Waals surface area contributed by atoms with Gasteiger partial charge in [-0.1, -0.05) is 50.3 Å². The number of nitrogens with zero attached hydrogens (tertiary/aromatic N) is 2. The number of amides is 2. The van der Waals surface area contributed by atoms with Crippen molar-refractivity contribution in [2.75, 3.05) is 14.1 Å². The van der Waals surface area contributed by atoms with Crippen LogP contribution in [0.25, 0.3) is 0 Å². The van der Waals surface area contributed by atoms with Crippen LogP contribution in [0.4, 0.5) is 0 Å². The Morgan fingerprint density at radius 2 is 1.15 bits per heavy atom. The number of hydrogen-bond acceptors (Lipinski definition) is 2. The summed E-state index contributed by atoms with van der Waals surface area (Å²) in [5, 5.41) is 0. The SMILES string of the molecule is CN1C(=O)C2C=CC1CC1(C)C(=C\2)/C2=C/C3C=CC(CC21C)N(C)C3=O. The number of hydrogen-bond donors (Lipinski definition) is 0. The highest BCUT2D eigenvalue weighted by Crippen LogP contribution is 2.70. The van der Waals surface area contributed by atoms with E-state index in [-0.39, 0.29) is 46.6 Å². The van der Waals surface area contributed by atoms with Crippen molar-refractivity contribution in [2.45, 2.75) is 38.8 Å². The van der Waals surface area contributed by atoms with Crippen molar-refractivity contribution >= 4 is 11.8 Å². The molecule has 0 aromatic rings. The Bertz CT molecular complexity index is 780. The zero-order valence-electron chi connectivity index (χ0n) is 15.9. The van der Waals surface area contributed by atoms with Crippen molar-refractivity contribution in [3.63, 3.8) is 0 Å². The van der Waals surface area contributed by atoms with E-state index in [1.54, 1.807) is 0 Å². The van der Waals surface area contributed by atoms with Gasteiger partial charge in [0.2, 0.25) is 11.8 Å². The lowest BCUT2D eigenvalue weighted by Gasteiger charge is -2.65. The van der Waals surface area contributed by atoms with E-state index in [9.17, 15) is 9.59 Å². The van der Waals surface area contributed by atoms with Crippen molar-refractivity contribution in [2.24, 2.45) is 22.7 Å². The van der Waals surface area contributed by atoms with Gasteiger partial charge in [0.15, 0.2) is 0 Å². The van der Waals surface area contributed by atoms with Gasteiger partial charge in [-0.3, -0.25) is 9.59 Å². The molecule has 4 aliphatic heterocycles. The molecule has 4 heterocycles. The summed E-state index contributed by atoms with van der Waals surface area (Å²) in [6.07, 6.45) is 14.8. The van der Waals surface area contributed by atoms with Crippen molar-refractivity contribution in [1.82, 2.24) is 9.80 Å². The molecule has 1 fully saturated rings. The molecule has 0 aromatic carbocycles. The van der Waals surface area contributed by atoms with Gasteiger partial charge in [0.05, 0.1) is 23.9 Å². The summed E-state index contributed by atoms with van der Waals surface area (Å²) in [5.41, 5.74) is 2.65. The highest BCUT2D eigenvalue weighted by Gasteiger charge is 2.63. The van der Waals surface area contributed by atoms with Crippen molar-refractivity contribution in [1.29, 1.82) is 0 Å². The van der Waals surface area contributed by atoms with E-state index >= 15 is 0 Å². The van der Waals surface area contributed by atoms with Gasteiger partial charge in [0.1, 0.15) is 0 Å². The topological polar surface area (TPSA) is 40.6 Å². The second-order valence-electron chi connectivity index (χ2n) is 9.09. The second-order valence-corrected chi connectivity index (χ2v) is 9.09. The molecule has 7 rings (SSSR count). The van der Waals surface area contributed by atoms with Gasteiger partial charge in [-0.2, -0.15) is 0 Å². The van der Waals surface area contributed by atoms with Gasteiger partial charge in [-0.15, -0.1) is 0 Å². The minimum atomic E-state index is -0.173. The molecule has 4 nitrogen and oxygen atoms in total. The highest BCUT2D eigenvalue weighted by molar-refractivity contribution is 5.87. The monoisotopic (exact) mass is 350 g/mol. The van der Waals surface area contributed by atoms with Gasteiger partial charge in [0, 0.05) is 24.9 Å². The van der Waals surface area contributed by atoms with E-state index in [2.05, 4.69) is 50.3 Å². The number of rotatable bonds is 0. The second kappa shape index (κ2) is 4.79. The van der Waals surface area contributed by atoms with Crippen LogP contribution in [-0.2, 0) is 9.59 Å². The summed E-state index contributed by atoms with van der Waals surface area (Å²) in [4.78, 5) is 29.2. The molecule has 1 saturated carbocycles. The Hall–Kier alpha value is -2.10. The third-order valence-electron chi connectivity index (χ3n) is 7.97. The maximum absolute atomic E-state index is 12.7. The highest BCUT2D eigenvalue weighted by atomic mass is 16.2. The number of carbonyl (C=O) groups excluding carboxylic acids is 2. The van der Waals surface area contributed by atoms with Crippen LogP contribution in [0, 0.1) is 22.7 Å². The quantitative estimate of drug-likeness (QED) is 0.630. The molecule has 0 spiro atoms. The zero-order valence-corrected chi connectivity index (χ0v) is 15.9. The normalized spacial score (nSPS) is 49.8. The summed E-state index contributed by atoms with van der Waals surface area (Å²) >= 11 is 0. The summed E-state index contributed by atoms with van der Waals surface area (Å²) < 4.78 is 0. The van der Waals surface area contributed by atoms with Crippen LogP contribution < -0.4 is 0 Å². The molecule has 2 amide bonds. The molecule has 7 aliphatic rings. The maximum Gasteiger partial charge on any atom is 0.233 e. The number of likely N-dealkylation sites (N-methyl/N-ethyl adjacent to an activating group) is 2. The molecule has 6 unspecified atom stereocenters. The van der Waals surface area contributed by atoms with Gasteiger partial charge >= 0.3 is 0 Å². The third-order valence-corrected chi connectivity index (χ3v) is 7.97. The number of carbonyl (C=O) groups is 2. The van der Waals surface area contributed by atoms with E-state index in [1.807, 2.05) is 23.9 Å². The molecule has 0 aromatic heterocycles. The van der Waals surface area contributed by atoms with Gasteiger partial charge in [-0.05, 0) is 24.0 Å². The predicted molar refractivity (Wildman–Crippen MR) is 100.0 cm³/mol. The van der Waals surface area contributed by atoms with E-state index in [4.69, 9.17) is 0 Å². The fourth-order valence-corrected chi connectivity index (χ4v) is 5.92. The Morgan fingerprint density at radius 1 is 0.769 bits per heavy atom. The first kappa shape index (κ1) is 16.1. The van der Waals surface area contributed by atoms with Crippen LogP contribution in [0.1, 0.15) is 26.7 Å². The number of fused-ring (bicyclic) bond motifs is 2. The molecular weight excluding hydrogens is 324 g/mol. The van der Waals surface area contributed by atoms with Crippen LogP contribution >= 0.6 is 0 Å². The smallest absolute Gasteiger partial charge is 0.233 e. The van der Waals surface area contributed by atoms with Crippen LogP contribution in [0.2, 0.25) is 0 Å². The molecule has 26 heavy (non-hydrogen) atoms. The molecular formula is C22H26N2O2. The fourth-order valence-electron chi connectivity index (χ4n) is 5.92. The van der Waals surface area contributed by atoms with Crippen molar-refractivity contribution in [3.05, 3.63) is 47.6 Å². The zero-order chi connectivity index (χ0) is 18.4. The van der Waals surface area contributed by atoms with E-state index in [0.717, 1.165) is 12.8 Å². The Morgan fingerprint density at radius 3 is 1.54 bits per heavy atom. The summed E-state index contributed by atoms with van der Waals surface area (Å²) in [6, 6.07) is 0.312. The Kier molecular flexibility index (Phi) is 2.96. The Labute approximate surface area is 154 Å². The maximum atomic E-state index is 12.7. The first-order valence-corrected chi connectivity index (χ1v) is 9.61. The summed E-state index contributed by atoms with van der Waals surface area (Å²) in [7, 11) is 3.86. The van der Waals surface area contributed by atoms with Crippen LogP contribution in [0.15, 0.2) is 47.6 Å². The lowest BCUT2D eigenvalue weighted by Crippen LogP contribution is -2.61. The molecule has 4 heteroatoms.